The van der Waals surface area contributed by atoms with Crippen LogP contribution in [0.5, 0.6) is 0 Å². The molecule has 1 heterocycles. The van der Waals surface area contributed by atoms with Gasteiger partial charge in [-0.05, 0) is 37.1 Å². The molecule has 0 radical (unpaired) electrons. The van der Waals surface area contributed by atoms with Crippen LogP contribution >= 0.6 is 0 Å². The van der Waals surface area contributed by atoms with Crippen LogP contribution in [0.25, 0.3) is 0 Å². The van der Waals surface area contributed by atoms with Crippen LogP contribution in [0.4, 0.5) is 23.1 Å². The Kier molecular flexibility index (Phi) is 3.96. The summed E-state index contributed by atoms with van der Waals surface area (Å²) in [6.07, 6.45) is 1.61. The molecule has 5 nitrogen and oxygen atoms in total. The maximum atomic E-state index is 4.45. The van der Waals surface area contributed by atoms with Crippen molar-refractivity contribution in [3.63, 3.8) is 0 Å². The summed E-state index contributed by atoms with van der Waals surface area (Å²) in [5.41, 5.74) is 4.25. The Morgan fingerprint density at radius 3 is 2.00 bits per heavy atom. The topological polar surface area (TPSA) is 62.7 Å². The van der Waals surface area contributed by atoms with Crippen LogP contribution in [0.2, 0.25) is 0 Å². The number of anilines is 4. The molecule has 0 spiro atoms. The van der Waals surface area contributed by atoms with E-state index in [1.54, 1.807) is 6.20 Å². The van der Waals surface area contributed by atoms with Gasteiger partial charge in [-0.1, -0.05) is 36.4 Å². The van der Waals surface area contributed by atoms with Gasteiger partial charge in [0.1, 0.15) is 0 Å². The normalized spacial score (nSPS) is 10.3. The quantitative estimate of drug-likeness (QED) is 0.761. The Balaban J connectivity index is 1.81. The van der Waals surface area contributed by atoms with Gasteiger partial charge in [-0.25, -0.2) is 0 Å². The van der Waals surface area contributed by atoms with Gasteiger partial charge in [0.05, 0.1) is 6.20 Å². The Hall–Kier alpha value is -2.95. The standard InChI is InChI=1S/C17H17N5/c1-12-7-3-5-9-14(12)19-16-11-18-22-17(21-16)20-15-10-6-4-8-13(15)2/h3-11H,1-2H3,(H2,19,20,21,22). The summed E-state index contributed by atoms with van der Waals surface area (Å²) >= 11 is 0. The number of aromatic nitrogens is 3. The summed E-state index contributed by atoms with van der Waals surface area (Å²) in [6, 6.07) is 16.0. The van der Waals surface area contributed by atoms with Gasteiger partial charge in [0.2, 0.25) is 5.95 Å². The largest absolute Gasteiger partial charge is 0.339 e. The fourth-order valence-electron chi connectivity index (χ4n) is 2.10. The van der Waals surface area contributed by atoms with Crippen molar-refractivity contribution in [1.29, 1.82) is 0 Å². The SMILES string of the molecule is Cc1ccccc1Nc1cnnc(Nc2ccccc2C)n1. The average Bonchev–Trinajstić information content (AvgIpc) is 2.52. The molecule has 0 aliphatic carbocycles. The van der Waals surface area contributed by atoms with Gasteiger partial charge >= 0.3 is 0 Å². The summed E-state index contributed by atoms with van der Waals surface area (Å²) in [4.78, 5) is 4.45. The molecule has 3 rings (SSSR count). The Labute approximate surface area is 129 Å². The van der Waals surface area contributed by atoms with Crippen LogP contribution in [0.1, 0.15) is 11.1 Å². The highest BCUT2D eigenvalue weighted by Gasteiger charge is 2.04. The smallest absolute Gasteiger partial charge is 0.249 e. The third-order valence-electron chi connectivity index (χ3n) is 3.36. The number of para-hydroxylation sites is 2. The summed E-state index contributed by atoms with van der Waals surface area (Å²) < 4.78 is 0. The molecule has 22 heavy (non-hydrogen) atoms. The van der Waals surface area contributed by atoms with Crippen LogP contribution in [-0.2, 0) is 0 Å². The molecule has 110 valence electrons. The van der Waals surface area contributed by atoms with E-state index in [4.69, 9.17) is 0 Å². The molecule has 0 aliphatic rings. The third-order valence-corrected chi connectivity index (χ3v) is 3.36. The molecule has 0 unspecified atom stereocenters. The van der Waals surface area contributed by atoms with E-state index in [2.05, 4.69) is 25.8 Å². The minimum Gasteiger partial charge on any atom is -0.339 e. The van der Waals surface area contributed by atoms with E-state index in [0.717, 1.165) is 22.5 Å². The molecule has 0 aliphatic heterocycles. The highest BCUT2D eigenvalue weighted by molar-refractivity contribution is 5.62. The van der Waals surface area contributed by atoms with Crippen molar-refractivity contribution in [1.82, 2.24) is 15.2 Å². The minimum atomic E-state index is 0.466. The fourth-order valence-corrected chi connectivity index (χ4v) is 2.10. The summed E-state index contributed by atoms with van der Waals surface area (Å²) in [5, 5.41) is 14.5. The molecule has 0 saturated heterocycles. The Morgan fingerprint density at radius 2 is 1.36 bits per heavy atom. The summed E-state index contributed by atoms with van der Waals surface area (Å²) in [6.45, 7) is 4.08. The van der Waals surface area contributed by atoms with Crippen molar-refractivity contribution in [2.75, 3.05) is 10.6 Å². The van der Waals surface area contributed by atoms with Gasteiger partial charge in [0, 0.05) is 11.4 Å². The van der Waals surface area contributed by atoms with Crippen molar-refractivity contribution in [3.8, 4) is 0 Å². The average molecular weight is 291 g/mol. The summed E-state index contributed by atoms with van der Waals surface area (Å²) in [5.74, 6) is 1.12. The van der Waals surface area contributed by atoms with Gasteiger partial charge in [-0.3, -0.25) is 0 Å². The first kappa shape index (κ1) is 14.0. The number of nitrogens with one attached hydrogen (secondary N) is 2. The van der Waals surface area contributed by atoms with E-state index in [-0.39, 0.29) is 0 Å². The van der Waals surface area contributed by atoms with Crippen LogP contribution in [0, 0.1) is 13.8 Å². The molecule has 2 N–H and O–H groups in total. The van der Waals surface area contributed by atoms with E-state index in [1.165, 1.54) is 0 Å². The van der Waals surface area contributed by atoms with Gasteiger partial charge in [-0.2, -0.15) is 10.1 Å². The fraction of sp³-hybridized carbons (Fsp3) is 0.118. The van der Waals surface area contributed by atoms with Gasteiger partial charge in [-0.15, -0.1) is 5.10 Å². The molecular formula is C17H17N5. The maximum Gasteiger partial charge on any atom is 0.249 e. The van der Waals surface area contributed by atoms with Gasteiger partial charge in [0.25, 0.3) is 0 Å². The lowest BCUT2D eigenvalue weighted by atomic mass is 10.2. The first-order valence-corrected chi connectivity index (χ1v) is 7.07. The second-order valence-electron chi connectivity index (χ2n) is 5.05. The molecule has 2 aromatic carbocycles. The monoisotopic (exact) mass is 291 g/mol. The molecule has 0 bridgehead atoms. The van der Waals surface area contributed by atoms with E-state index in [0.29, 0.717) is 11.8 Å². The maximum absolute atomic E-state index is 4.45. The number of aryl methyl sites for hydroxylation is 2. The highest BCUT2D eigenvalue weighted by Crippen LogP contribution is 2.20. The molecule has 0 fully saturated rings. The molecule has 0 amide bonds. The summed E-state index contributed by atoms with van der Waals surface area (Å²) in [7, 11) is 0. The zero-order valence-electron chi connectivity index (χ0n) is 12.5. The van der Waals surface area contributed by atoms with E-state index < -0.39 is 0 Å². The van der Waals surface area contributed by atoms with Crippen molar-refractivity contribution < 1.29 is 0 Å². The van der Waals surface area contributed by atoms with E-state index in [9.17, 15) is 0 Å². The number of nitrogens with zero attached hydrogens (tertiary/aromatic N) is 3. The first-order valence-electron chi connectivity index (χ1n) is 7.07. The predicted octanol–water partition coefficient (Wildman–Crippen LogP) is 3.98. The number of hydrogen-bond donors (Lipinski definition) is 2. The molecule has 3 aromatic rings. The van der Waals surface area contributed by atoms with Crippen molar-refractivity contribution in [2.45, 2.75) is 13.8 Å². The lowest BCUT2D eigenvalue weighted by Gasteiger charge is -2.10. The van der Waals surface area contributed by atoms with E-state index >= 15 is 0 Å². The Bertz CT molecular complexity index is 723. The highest BCUT2D eigenvalue weighted by atomic mass is 15.3. The van der Waals surface area contributed by atoms with Crippen LogP contribution in [0.15, 0.2) is 54.7 Å². The van der Waals surface area contributed by atoms with Gasteiger partial charge in [0.15, 0.2) is 5.82 Å². The Morgan fingerprint density at radius 1 is 0.773 bits per heavy atom. The number of benzene rings is 2. The molecular weight excluding hydrogens is 274 g/mol. The second kappa shape index (κ2) is 6.22. The first-order chi connectivity index (χ1) is 10.7. The minimum absolute atomic E-state index is 0.466. The van der Waals surface area contributed by atoms with Crippen molar-refractivity contribution in [2.24, 2.45) is 0 Å². The molecule has 1 aromatic heterocycles. The zero-order chi connectivity index (χ0) is 15.4. The lowest BCUT2D eigenvalue weighted by Crippen LogP contribution is -2.03. The number of rotatable bonds is 4. The predicted molar refractivity (Wildman–Crippen MR) is 88.8 cm³/mol. The van der Waals surface area contributed by atoms with Crippen LogP contribution < -0.4 is 10.6 Å². The second-order valence-corrected chi connectivity index (χ2v) is 5.05. The molecule has 0 atom stereocenters. The van der Waals surface area contributed by atoms with Crippen molar-refractivity contribution >= 4 is 23.1 Å². The lowest BCUT2D eigenvalue weighted by molar-refractivity contribution is 0.981. The van der Waals surface area contributed by atoms with Crippen LogP contribution in [0.3, 0.4) is 0 Å². The van der Waals surface area contributed by atoms with E-state index in [1.807, 2.05) is 62.4 Å². The number of hydrogen-bond acceptors (Lipinski definition) is 5. The van der Waals surface area contributed by atoms with Gasteiger partial charge < -0.3 is 10.6 Å². The molecule has 0 saturated carbocycles. The zero-order valence-corrected chi connectivity index (χ0v) is 12.5. The van der Waals surface area contributed by atoms with Crippen LogP contribution in [-0.4, -0.2) is 15.2 Å². The molecule has 5 heteroatoms. The van der Waals surface area contributed by atoms with Crippen molar-refractivity contribution in [3.05, 3.63) is 65.9 Å². The third kappa shape index (κ3) is 3.20.